The first-order chi connectivity index (χ1) is 6.79. The van der Waals surface area contributed by atoms with Crippen molar-refractivity contribution in [3.05, 3.63) is 41.8 Å². The van der Waals surface area contributed by atoms with Crippen LogP contribution in [0.3, 0.4) is 0 Å². The molecule has 1 aromatic heterocycles. The maximum Gasteiger partial charge on any atom is 0.226 e. The molecule has 3 heteroatoms. The fourth-order valence-corrected chi connectivity index (χ4v) is 1.18. The van der Waals surface area contributed by atoms with Crippen molar-refractivity contribution in [1.82, 2.24) is 4.98 Å². The monoisotopic (exact) mass is 184 g/mol. The third kappa shape index (κ3) is 1.50. The maximum absolute atomic E-state index is 8.61. The molecule has 2 rings (SSSR count). The molecule has 0 atom stereocenters. The van der Waals surface area contributed by atoms with Gasteiger partial charge in [-0.2, -0.15) is 5.26 Å². The van der Waals surface area contributed by atoms with Crippen molar-refractivity contribution in [3.8, 4) is 17.5 Å². The molecule has 0 saturated heterocycles. The quantitative estimate of drug-likeness (QED) is 0.684. The number of aromatic nitrogens is 1. The molecule has 2 aromatic rings. The van der Waals surface area contributed by atoms with Crippen molar-refractivity contribution >= 4 is 0 Å². The van der Waals surface area contributed by atoms with Gasteiger partial charge in [-0.1, -0.05) is 0 Å². The summed E-state index contributed by atoms with van der Waals surface area (Å²) in [5.41, 5.74) is 1.52. The Balaban J connectivity index is 2.39. The Morgan fingerprint density at radius 1 is 1.29 bits per heavy atom. The molecule has 0 aliphatic carbocycles. The Morgan fingerprint density at radius 3 is 2.50 bits per heavy atom. The van der Waals surface area contributed by atoms with Gasteiger partial charge in [0.05, 0.1) is 17.8 Å². The Bertz CT molecular complexity index is 477. The van der Waals surface area contributed by atoms with Gasteiger partial charge in [0.1, 0.15) is 5.76 Å². The van der Waals surface area contributed by atoms with Gasteiger partial charge in [-0.05, 0) is 31.2 Å². The minimum atomic E-state index is 0.590. The highest BCUT2D eigenvalue weighted by molar-refractivity contribution is 5.54. The third-order valence-corrected chi connectivity index (χ3v) is 1.88. The van der Waals surface area contributed by atoms with Crippen LogP contribution in [-0.2, 0) is 0 Å². The lowest BCUT2D eigenvalue weighted by Gasteiger charge is -1.94. The summed E-state index contributed by atoms with van der Waals surface area (Å²) >= 11 is 0. The van der Waals surface area contributed by atoms with E-state index in [9.17, 15) is 0 Å². The summed E-state index contributed by atoms with van der Waals surface area (Å²) in [7, 11) is 0. The van der Waals surface area contributed by atoms with E-state index in [1.54, 1.807) is 18.3 Å². The Kier molecular flexibility index (Phi) is 2.04. The molecule has 1 aromatic carbocycles. The van der Waals surface area contributed by atoms with Crippen LogP contribution in [0.2, 0.25) is 0 Å². The standard InChI is InChI=1S/C11H8N2O/c1-8-7-13-11(14-8)10-4-2-9(6-12)3-5-10/h2-5,7H,1H3. The van der Waals surface area contributed by atoms with Crippen LogP contribution in [0, 0.1) is 18.3 Å². The fraction of sp³-hybridized carbons (Fsp3) is 0.0909. The summed E-state index contributed by atoms with van der Waals surface area (Å²) in [4.78, 5) is 4.09. The number of aryl methyl sites for hydroxylation is 1. The lowest BCUT2D eigenvalue weighted by molar-refractivity contribution is 0.542. The zero-order valence-electron chi connectivity index (χ0n) is 7.69. The predicted molar refractivity (Wildman–Crippen MR) is 51.4 cm³/mol. The fourth-order valence-electron chi connectivity index (χ4n) is 1.18. The molecule has 0 bridgehead atoms. The molecule has 0 amide bonds. The van der Waals surface area contributed by atoms with E-state index in [0.717, 1.165) is 11.3 Å². The number of benzene rings is 1. The number of oxazole rings is 1. The normalized spacial score (nSPS) is 9.71. The molecule has 0 aliphatic heterocycles. The molecule has 0 radical (unpaired) electrons. The predicted octanol–water partition coefficient (Wildman–Crippen LogP) is 2.52. The van der Waals surface area contributed by atoms with Gasteiger partial charge in [-0.15, -0.1) is 0 Å². The van der Waals surface area contributed by atoms with Crippen LogP contribution in [-0.4, -0.2) is 4.98 Å². The SMILES string of the molecule is Cc1cnc(-c2ccc(C#N)cc2)o1. The first-order valence-electron chi connectivity index (χ1n) is 4.22. The second-order valence-corrected chi connectivity index (χ2v) is 2.97. The highest BCUT2D eigenvalue weighted by Crippen LogP contribution is 2.18. The van der Waals surface area contributed by atoms with Crippen LogP contribution in [0.15, 0.2) is 34.9 Å². The molecule has 0 aliphatic rings. The zero-order chi connectivity index (χ0) is 9.97. The van der Waals surface area contributed by atoms with Crippen molar-refractivity contribution in [2.75, 3.05) is 0 Å². The van der Waals surface area contributed by atoms with E-state index in [2.05, 4.69) is 11.1 Å². The molecule has 0 fully saturated rings. The summed E-state index contributed by atoms with van der Waals surface area (Å²) in [5.74, 6) is 1.37. The van der Waals surface area contributed by atoms with Crippen LogP contribution >= 0.6 is 0 Å². The smallest absolute Gasteiger partial charge is 0.226 e. The van der Waals surface area contributed by atoms with Gasteiger partial charge in [-0.25, -0.2) is 4.98 Å². The number of nitrogens with zero attached hydrogens (tertiary/aromatic N) is 2. The summed E-state index contributed by atoms with van der Waals surface area (Å²) < 4.78 is 5.35. The van der Waals surface area contributed by atoms with Crippen molar-refractivity contribution < 1.29 is 4.42 Å². The van der Waals surface area contributed by atoms with Crippen LogP contribution in [0.4, 0.5) is 0 Å². The first-order valence-corrected chi connectivity index (χ1v) is 4.22. The molecular formula is C11H8N2O. The molecule has 0 N–H and O–H groups in total. The Hall–Kier alpha value is -2.08. The molecule has 14 heavy (non-hydrogen) atoms. The number of hydrogen-bond donors (Lipinski definition) is 0. The molecular weight excluding hydrogens is 176 g/mol. The highest BCUT2D eigenvalue weighted by Gasteiger charge is 2.03. The summed E-state index contributed by atoms with van der Waals surface area (Å²) in [6.07, 6.45) is 1.67. The van der Waals surface area contributed by atoms with Gasteiger partial charge < -0.3 is 4.42 Å². The second-order valence-electron chi connectivity index (χ2n) is 2.97. The largest absolute Gasteiger partial charge is 0.441 e. The molecule has 68 valence electrons. The maximum atomic E-state index is 8.61. The number of hydrogen-bond acceptors (Lipinski definition) is 3. The van der Waals surface area contributed by atoms with E-state index in [1.807, 2.05) is 19.1 Å². The van der Waals surface area contributed by atoms with Crippen molar-refractivity contribution in [3.63, 3.8) is 0 Å². The van der Waals surface area contributed by atoms with Crippen LogP contribution in [0.1, 0.15) is 11.3 Å². The van der Waals surface area contributed by atoms with Gasteiger partial charge in [0.15, 0.2) is 0 Å². The highest BCUT2D eigenvalue weighted by atomic mass is 16.4. The van der Waals surface area contributed by atoms with Crippen LogP contribution < -0.4 is 0 Å². The van der Waals surface area contributed by atoms with E-state index >= 15 is 0 Å². The summed E-state index contributed by atoms with van der Waals surface area (Å²) in [6, 6.07) is 9.20. The second kappa shape index (κ2) is 3.35. The Labute approximate surface area is 81.6 Å². The van der Waals surface area contributed by atoms with E-state index in [4.69, 9.17) is 9.68 Å². The first kappa shape index (κ1) is 8.52. The Morgan fingerprint density at radius 2 is 2.00 bits per heavy atom. The minimum absolute atomic E-state index is 0.590. The van der Waals surface area contributed by atoms with E-state index in [1.165, 1.54) is 0 Å². The number of nitriles is 1. The molecule has 3 nitrogen and oxygen atoms in total. The summed E-state index contributed by atoms with van der Waals surface area (Å²) in [5, 5.41) is 8.61. The van der Waals surface area contributed by atoms with Crippen molar-refractivity contribution in [2.24, 2.45) is 0 Å². The van der Waals surface area contributed by atoms with Crippen molar-refractivity contribution in [2.45, 2.75) is 6.92 Å². The van der Waals surface area contributed by atoms with Gasteiger partial charge in [-0.3, -0.25) is 0 Å². The summed E-state index contributed by atoms with van der Waals surface area (Å²) in [6.45, 7) is 1.85. The topological polar surface area (TPSA) is 49.8 Å². The van der Waals surface area contributed by atoms with Crippen molar-refractivity contribution in [1.29, 1.82) is 5.26 Å². The van der Waals surface area contributed by atoms with E-state index in [-0.39, 0.29) is 0 Å². The average molecular weight is 184 g/mol. The molecule has 1 heterocycles. The zero-order valence-corrected chi connectivity index (χ0v) is 7.69. The van der Waals surface area contributed by atoms with Gasteiger partial charge in [0.25, 0.3) is 0 Å². The number of rotatable bonds is 1. The lowest BCUT2D eigenvalue weighted by atomic mass is 10.1. The molecule has 0 saturated carbocycles. The van der Waals surface area contributed by atoms with Gasteiger partial charge >= 0.3 is 0 Å². The average Bonchev–Trinajstić information content (AvgIpc) is 2.65. The van der Waals surface area contributed by atoms with Gasteiger partial charge in [0, 0.05) is 5.56 Å². The lowest BCUT2D eigenvalue weighted by Crippen LogP contribution is -1.77. The van der Waals surface area contributed by atoms with E-state index in [0.29, 0.717) is 11.5 Å². The van der Waals surface area contributed by atoms with Crippen LogP contribution in [0.25, 0.3) is 11.5 Å². The van der Waals surface area contributed by atoms with E-state index < -0.39 is 0 Å². The third-order valence-electron chi connectivity index (χ3n) is 1.88. The van der Waals surface area contributed by atoms with Crippen LogP contribution in [0.5, 0.6) is 0 Å². The van der Waals surface area contributed by atoms with Gasteiger partial charge in [0.2, 0.25) is 5.89 Å². The minimum Gasteiger partial charge on any atom is -0.441 e. The molecule has 0 unspecified atom stereocenters. The molecule has 0 spiro atoms.